The van der Waals surface area contributed by atoms with Gasteiger partial charge in [0.15, 0.2) is 0 Å². The number of benzene rings is 1. The highest BCUT2D eigenvalue weighted by molar-refractivity contribution is 5.22. The fraction of sp³-hybridized carbons (Fsp3) is 0.571. The van der Waals surface area contributed by atoms with Gasteiger partial charge in [0.2, 0.25) is 0 Å². The van der Waals surface area contributed by atoms with Gasteiger partial charge in [-0.05, 0) is 37.4 Å². The quantitative estimate of drug-likeness (QED) is 0.833. The summed E-state index contributed by atoms with van der Waals surface area (Å²) in [6, 6.07) is 8.42. The molecule has 3 nitrogen and oxygen atoms in total. The predicted molar refractivity (Wildman–Crippen MR) is 69.5 cm³/mol. The summed E-state index contributed by atoms with van der Waals surface area (Å²) in [4.78, 5) is 2.32. The molecule has 94 valence electrons. The van der Waals surface area contributed by atoms with Crippen LogP contribution in [0.25, 0.3) is 0 Å². The number of nitrogens with zero attached hydrogens (tertiary/aromatic N) is 1. The Morgan fingerprint density at radius 1 is 1.29 bits per heavy atom. The van der Waals surface area contributed by atoms with Gasteiger partial charge in [-0.15, -0.1) is 0 Å². The molecule has 17 heavy (non-hydrogen) atoms. The second kappa shape index (κ2) is 5.17. The first kappa shape index (κ1) is 12.6. The van der Waals surface area contributed by atoms with Crippen molar-refractivity contribution in [3.8, 4) is 0 Å². The molecule has 3 heteroatoms. The summed E-state index contributed by atoms with van der Waals surface area (Å²) in [6.07, 6.45) is 1.99. The third-order valence-corrected chi connectivity index (χ3v) is 3.42. The lowest BCUT2D eigenvalue weighted by atomic mass is 9.95. The molecular formula is C14H22N2O. The highest BCUT2D eigenvalue weighted by atomic mass is 16.3. The molecule has 1 aliphatic heterocycles. The van der Waals surface area contributed by atoms with Crippen LogP contribution in [0.1, 0.15) is 30.9 Å². The van der Waals surface area contributed by atoms with Gasteiger partial charge in [0.25, 0.3) is 0 Å². The van der Waals surface area contributed by atoms with Crippen LogP contribution in [0.5, 0.6) is 0 Å². The standard InChI is InChI=1S/C14H22N2O/c1-14(17)7-2-8-16(11-14)10-13-5-3-12(9-15)4-6-13/h3-6,17H,2,7-11,15H2,1H3. The SMILES string of the molecule is CC1(O)CCCN(Cc2ccc(CN)cc2)C1. The van der Waals surface area contributed by atoms with E-state index < -0.39 is 5.60 Å². The number of rotatable bonds is 3. The van der Waals surface area contributed by atoms with Crippen molar-refractivity contribution in [2.45, 2.75) is 38.5 Å². The van der Waals surface area contributed by atoms with E-state index in [1.807, 2.05) is 6.92 Å². The van der Waals surface area contributed by atoms with Gasteiger partial charge in [0, 0.05) is 19.6 Å². The summed E-state index contributed by atoms with van der Waals surface area (Å²) in [5, 5.41) is 10.0. The van der Waals surface area contributed by atoms with E-state index in [1.54, 1.807) is 0 Å². The third-order valence-electron chi connectivity index (χ3n) is 3.42. The van der Waals surface area contributed by atoms with Crippen molar-refractivity contribution in [1.29, 1.82) is 0 Å². The summed E-state index contributed by atoms with van der Waals surface area (Å²) in [5.41, 5.74) is 7.52. The summed E-state index contributed by atoms with van der Waals surface area (Å²) in [6.45, 7) is 5.29. The molecule has 1 atom stereocenters. The second-order valence-electron chi connectivity index (χ2n) is 5.33. The number of hydrogen-bond donors (Lipinski definition) is 2. The first-order chi connectivity index (χ1) is 8.09. The van der Waals surface area contributed by atoms with Crippen molar-refractivity contribution in [3.05, 3.63) is 35.4 Å². The maximum Gasteiger partial charge on any atom is 0.0746 e. The maximum atomic E-state index is 10.0. The number of β-amino-alcohol motifs (C(OH)–C–C–N with tert-alkyl or cyclic N) is 1. The van der Waals surface area contributed by atoms with Crippen LogP contribution in [0, 0.1) is 0 Å². The van der Waals surface area contributed by atoms with Crippen LogP contribution >= 0.6 is 0 Å². The predicted octanol–water partition coefficient (Wildman–Crippen LogP) is 1.49. The van der Waals surface area contributed by atoms with Crippen LogP contribution in [0.2, 0.25) is 0 Å². The van der Waals surface area contributed by atoms with Gasteiger partial charge < -0.3 is 10.8 Å². The molecule has 1 saturated heterocycles. The molecule has 0 amide bonds. The van der Waals surface area contributed by atoms with E-state index in [1.165, 1.54) is 11.1 Å². The third kappa shape index (κ3) is 3.53. The molecule has 1 fully saturated rings. The highest BCUT2D eigenvalue weighted by Crippen LogP contribution is 2.21. The molecule has 0 aromatic heterocycles. The van der Waals surface area contributed by atoms with Gasteiger partial charge in [-0.25, -0.2) is 0 Å². The molecule has 0 spiro atoms. The molecule has 0 aliphatic carbocycles. The van der Waals surface area contributed by atoms with E-state index in [2.05, 4.69) is 29.2 Å². The summed E-state index contributed by atoms with van der Waals surface area (Å²) in [7, 11) is 0. The van der Waals surface area contributed by atoms with Gasteiger partial charge in [-0.3, -0.25) is 4.90 Å². The zero-order valence-electron chi connectivity index (χ0n) is 10.5. The zero-order valence-corrected chi connectivity index (χ0v) is 10.5. The smallest absolute Gasteiger partial charge is 0.0746 e. The van der Waals surface area contributed by atoms with Gasteiger partial charge in [0.05, 0.1) is 5.60 Å². The first-order valence-electron chi connectivity index (χ1n) is 6.32. The van der Waals surface area contributed by atoms with Crippen molar-refractivity contribution < 1.29 is 5.11 Å². The molecule has 1 aliphatic rings. The van der Waals surface area contributed by atoms with Crippen molar-refractivity contribution in [2.24, 2.45) is 5.73 Å². The lowest BCUT2D eigenvalue weighted by Gasteiger charge is -2.36. The monoisotopic (exact) mass is 234 g/mol. The van der Waals surface area contributed by atoms with E-state index >= 15 is 0 Å². The maximum absolute atomic E-state index is 10.0. The molecule has 3 N–H and O–H groups in total. The molecule has 0 radical (unpaired) electrons. The minimum Gasteiger partial charge on any atom is -0.389 e. The summed E-state index contributed by atoms with van der Waals surface area (Å²) in [5.74, 6) is 0. The molecule has 2 rings (SSSR count). The van der Waals surface area contributed by atoms with E-state index in [0.29, 0.717) is 6.54 Å². The number of piperidine rings is 1. The van der Waals surface area contributed by atoms with E-state index in [0.717, 1.165) is 32.5 Å². The lowest BCUT2D eigenvalue weighted by Crippen LogP contribution is -2.45. The van der Waals surface area contributed by atoms with E-state index in [4.69, 9.17) is 5.73 Å². The largest absolute Gasteiger partial charge is 0.389 e. The number of likely N-dealkylation sites (tertiary alicyclic amines) is 1. The van der Waals surface area contributed by atoms with Gasteiger partial charge in [-0.2, -0.15) is 0 Å². The van der Waals surface area contributed by atoms with Crippen LogP contribution < -0.4 is 5.73 Å². The molecule has 1 aromatic rings. The molecule has 1 heterocycles. The van der Waals surface area contributed by atoms with E-state index in [-0.39, 0.29) is 0 Å². The number of hydrogen-bond acceptors (Lipinski definition) is 3. The lowest BCUT2D eigenvalue weighted by molar-refractivity contribution is -0.0181. The minimum absolute atomic E-state index is 0.518. The minimum atomic E-state index is -0.518. The topological polar surface area (TPSA) is 49.5 Å². The van der Waals surface area contributed by atoms with E-state index in [9.17, 15) is 5.11 Å². The fourth-order valence-electron chi connectivity index (χ4n) is 2.50. The van der Waals surface area contributed by atoms with Gasteiger partial charge in [-0.1, -0.05) is 24.3 Å². The number of aliphatic hydroxyl groups is 1. The summed E-state index contributed by atoms with van der Waals surface area (Å²) < 4.78 is 0. The molecule has 1 aromatic carbocycles. The average Bonchev–Trinajstić information content (AvgIpc) is 2.29. The average molecular weight is 234 g/mol. The van der Waals surface area contributed by atoms with Crippen LogP contribution in [0.3, 0.4) is 0 Å². The highest BCUT2D eigenvalue weighted by Gasteiger charge is 2.27. The van der Waals surface area contributed by atoms with Gasteiger partial charge >= 0.3 is 0 Å². The Morgan fingerprint density at radius 2 is 1.94 bits per heavy atom. The molecule has 1 unspecified atom stereocenters. The fourth-order valence-corrected chi connectivity index (χ4v) is 2.50. The van der Waals surface area contributed by atoms with Crippen LogP contribution in [0.4, 0.5) is 0 Å². The summed E-state index contributed by atoms with van der Waals surface area (Å²) >= 11 is 0. The van der Waals surface area contributed by atoms with Crippen LogP contribution in [0.15, 0.2) is 24.3 Å². The molecular weight excluding hydrogens is 212 g/mol. The normalized spacial score (nSPS) is 26.1. The Labute approximate surface area is 103 Å². The van der Waals surface area contributed by atoms with Crippen LogP contribution in [-0.4, -0.2) is 28.7 Å². The first-order valence-corrected chi connectivity index (χ1v) is 6.32. The van der Waals surface area contributed by atoms with Crippen molar-refractivity contribution in [2.75, 3.05) is 13.1 Å². The van der Waals surface area contributed by atoms with Crippen molar-refractivity contribution >= 4 is 0 Å². The Bertz CT molecular complexity index is 359. The van der Waals surface area contributed by atoms with Gasteiger partial charge in [0.1, 0.15) is 0 Å². The Hall–Kier alpha value is -0.900. The Balaban J connectivity index is 1.95. The Morgan fingerprint density at radius 3 is 2.53 bits per heavy atom. The van der Waals surface area contributed by atoms with Crippen molar-refractivity contribution in [1.82, 2.24) is 4.90 Å². The second-order valence-corrected chi connectivity index (χ2v) is 5.33. The molecule has 0 bridgehead atoms. The zero-order chi connectivity index (χ0) is 12.3. The van der Waals surface area contributed by atoms with Crippen LogP contribution in [-0.2, 0) is 13.1 Å². The number of nitrogens with two attached hydrogens (primary N) is 1. The molecule has 0 saturated carbocycles. The van der Waals surface area contributed by atoms with Crippen molar-refractivity contribution in [3.63, 3.8) is 0 Å². The Kier molecular flexibility index (Phi) is 3.82.